The first-order chi connectivity index (χ1) is 6.13. The average molecular weight is 264 g/mol. The summed E-state index contributed by atoms with van der Waals surface area (Å²) in [4.78, 5) is 1.30. The van der Waals surface area contributed by atoms with Crippen LogP contribution in [0.15, 0.2) is 9.85 Å². The van der Waals surface area contributed by atoms with Crippen molar-refractivity contribution in [2.75, 3.05) is 6.61 Å². The van der Waals surface area contributed by atoms with Gasteiger partial charge in [0.25, 0.3) is 0 Å². The van der Waals surface area contributed by atoms with Gasteiger partial charge in [-0.25, -0.2) is 0 Å². The first-order valence-electron chi connectivity index (χ1n) is 4.22. The van der Waals surface area contributed by atoms with E-state index in [1.54, 1.807) is 11.3 Å². The summed E-state index contributed by atoms with van der Waals surface area (Å²) in [5.41, 5.74) is 1.28. The lowest BCUT2D eigenvalue weighted by molar-refractivity contribution is 0.251. The molecule has 0 radical (unpaired) electrons. The second-order valence-electron chi connectivity index (χ2n) is 3.13. The highest BCUT2D eigenvalue weighted by atomic mass is 79.9. The lowest BCUT2D eigenvalue weighted by Gasteiger charge is -2.08. The molecule has 0 spiro atoms. The van der Waals surface area contributed by atoms with E-state index in [1.165, 1.54) is 14.2 Å². The Bertz CT molecular complexity index is 255. The molecule has 1 rings (SSSR count). The molecule has 0 aliphatic rings. The minimum Gasteiger partial charge on any atom is -0.395 e. The van der Waals surface area contributed by atoms with Crippen LogP contribution in [0.4, 0.5) is 0 Å². The standard InChI is InChI=1S/C9H14BrNOS/c1-6-3-8(13-9(6)10)4-11-7(2)5-12/h3,7,11-12H,4-5H2,1-2H3/t7-/m1/s1. The highest BCUT2D eigenvalue weighted by molar-refractivity contribution is 9.11. The number of aliphatic hydroxyl groups excluding tert-OH is 1. The molecular weight excluding hydrogens is 250 g/mol. The number of halogens is 1. The van der Waals surface area contributed by atoms with Crippen molar-refractivity contribution in [2.45, 2.75) is 26.4 Å². The predicted octanol–water partition coefficient (Wildman–Crippen LogP) is 2.29. The highest BCUT2D eigenvalue weighted by Crippen LogP contribution is 2.27. The maximum atomic E-state index is 8.80. The molecule has 2 N–H and O–H groups in total. The second kappa shape index (κ2) is 5.10. The second-order valence-corrected chi connectivity index (χ2v) is 5.59. The van der Waals surface area contributed by atoms with Crippen molar-refractivity contribution < 1.29 is 5.11 Å². The van der Waals surface area contributed by atoms with Crippen LogP contribution in [0.1, 0.15) is 17.4 Å². The molecule has 4 heteroatoms. The SMILES string of the molecule is Cc1cc(CN[C@H](C)CO)sc1Br. The molecule has 0 unspecified atom stereocenters. The predicted molar refractivity (Wildman–Crippen MR) is 60.1 cm³/mol. The highest BCUT2D eigenvalue weighted by Gasteiger charge is 2.04. The summed E-state index contributed by atoms with van der Waals surface area (Å²) in [5.74, 6) is 0. The van der Waals surface area contributed by atoms with Crippen molar-refractivity contribution in [3.8, 4) is 0 Å². The van der Waals surface area contributed by atoms with Crippen molar-refractivity contribution in [1.82, 2.24) is 5.32 Å². The number of hydrogen-bond donors (Lipinski definition) is 2. The van der Waals surface area contributed by atoms with Gasteiger partial charge in [0, 0.05) is 17.5 Å². The molecule has 0 bridgehead atoms. The Morgan fingerprint density at radius 2 is 2.38 bits per heavy atom. The first kappa shape index (κ1) is 11.2. The van der Waals surface area contributed by atoms with Gasteiger partial charge in [0.2, 0.25) is 0 Å². The number of hydrogen-bond acceptors (Lipinski definition) is 3. The van der Waals surface area contributed by atoms with E-state index in [4.69, 9.17) is 5.11 Å². The summed E-state index contributed by atoms with van der Waals surface area (Å²) >= 11 is 5.22. The van der Waals surface area contributed by atoms with Crippen molar-refractivity contribution >= 4 is 27.3 Å². The van der Waals surface area contributed by atoms with E-state index in [1.807, 2.05) is 6.92 Å². The van der Waals surface area contributed by atoms with Gasteiger partial charge in [0.1, 0.15) is 0 Å². The maximum Gasteiger partial charge on any atom is 0.0730 e. The Hall–Kier alpha value is 0.100. The van der Waals surface area contributed by atoms with Gasteiger partial charge >= 0.3 is 0 Å². The van der Waals surface area contributed by atoms with Crippen molar-refractivity contribution in [3.63, 3.8) is 0 Å². The normalized spacial score (nSPS) is 13.2. The number of nitrogens with one attached hydrogen (secondary N) is 1. The van der Waals surface area contributed by atoms with Gasteiger partial charge in [-0.15, -0.1) is 11.3 Å². The van der Waals surface area contributed by atoms with Gasteiger partial charge in [0.05, 0.1) is 10.4 Å². The number of thiophene rings is 1. The van der Waals surface area contributed by atoms with Crippen molar-refractivity contribution in [1.29, 1.82) is 0 Å². The van der Waals surface area contributed by atoms with Crippen molar-refractivity contribution in [3.05, 3.63) is 20.3 Å². The Labute approximate surface area is 91.1 Å². The zero-order valence-electron chi connectivity index (χ0n) is 7.80. The van der Waals surface area contributed by atoms with Gasteiger partial charge in [-0.2, -0.15) is 0 Å². The van der Waals surface area contributed by atoms with E-state index in [2.05, 4.69) is 34.2 Å². The summed E-state index contributed by atoms with van der Waals surface area (Å²) in [5, 5.41) is 12.0. The molecule has 1 aromatic rings. The lowest BCUT2D eigenvalue weighted by atomic mass is 10.3. The van der Waals surface area contributed by atoms with E-state index >= 15 is 0 Å². The zero-order valence-corrected chi connectivity index (χ0v) is 10.2. The molecule has 0 saturated heterocycles. The largest absolute Gasteiger partial charge is 0.395 e. The molecule has 0 amide bonds. The van der Waals surface area contributed by atoms with Crippen LogP contribution in [0.25, 0.3) is 0 Å². The molecular formula is C9H14BrNOS. The fraction of sp³-hybridized carbons (Fsp3) is 0.556. The monoisotopic (exact) mass is 263 g/mol. The number of aryl methyl sites for hydroxylation is 1. The van der Waals surface area contributed by atoms with E-state index in [9.17, 15) is 0 Å². The van der Waals surface area contributed by atoms with Crippen LogP contribution in [-0.2, 0) is 6.54 Å². The summed E-state index contributed by atoms with van der Waals surface area (Å²) in [6.07, 6.45) is 0. The van der Waals surface area contributed by atoms with Gasteiger partial charge in [0.15, 0.2) is 0 Å². The van der Waals surface area contributed by atoms with Crippen LogP contribution in [0.2, 0.25) is 0 Å². The van der Waals surface area contributed by atoms with Crippen LogP contribution >= 0.6 is 27.3 Å². The molecule has 2 nitrogen and oxygen atoms in total. The molecule has 0 saturated carbocycles. The Morgan fingerprint density at radius 3 is 2.85 bits per heavy atom. The van der Waals surface area contributed by atoms with Gasteiger partial charge in [-0.05, 0) is 41.4 Å². The van der Waals surface area contributed by atoms with Crippen molar-refractivity contribution in [2.24, 2.45) is 0 Å². The van der Waals surface area contributed by atoms with Crippen LogP contribution in [0.3, 0.4) is 0 Å². The Kier molecular flexibility index (Phi) is 4.38. The van der Waals surface area contributed by atoms with Crippen LogP contribution in [0, 0.1) is 6.92 Å². The summed E-state index contributed by atoms with van der Waals surface area (Å²) < 4.78 is 1.20. The zero-order chi connectivity index (χ0) is 9.84. The van der Waals surface area contributed by atoms with E-state index in [0.29, 0.717) is 0 Å². The van der Waals surface area contributed by atoms with Gasteiger partial charge < -0.3 is 10.4 Å². The number of aliphatic hydroxyl groups is 1. The topological polar surface area (TPSA) is 32.3 Å². The summed E-state index contributed by atoms with van der Waals surface area (Å²) in [7, 11) is 0. The molecule has 74 valence electrons. The first-order valence-corrected chi connectivity index (χ1v) is 5.83. The Morgan fingerprint density at radius 1 is 1.69 bits per heavy atom. The maximum absolute atomic E-state index is 8.80. The van der Waals surface area contributed by atoms with Gasteiger partial charge in [-0.1, -0.05) is 0 Å². The minimum atomic E-state index is 0.168. The lowest BCUT2D eigenvalue weighted by Crippen LogP contribution is -2.28. The fourth-order valence-electron chi connectivity index (χ4n) is 0.950. The van der Waals surface area contributed by atoms with Gasteiger partial charge in [-0.3, -0.25) is 0 Å². The van der Waals surface area contributed by atoms with Crippen LogP contribution in [0.5, 0.6) is 0 Å². The molecule has 0 fully saturated rings. The van der Waals surface area contributed by atoms with E-state index in [-0.39, 0.29) is 12.6 Å². The molecule has 0 aromatic carbocycles. The molecule has 1 aromatic heterocycles. The van der Waals surface area contributed by atoms with Crippen LogP contribution in [-0.4, -0.2) is 17.8 Å². The molecule has 1 atom stereocenters. The van der Waals surface area contributed by atoms with E-state index in [0.717, 1.165) is 6.54 Å². The fourth-order valence-corrected chi connectivity index (χ4v) is 2.53. The summed E-state index contributed by atoms with van der Waals surface area (Å²) in [6.45, 7) is 5.07. The third-order valence-corrected chi connectivity index (χ3v) is 3.94. The molecule has 13 heavy (non-hydrogen) atoms. The number of rotatable bonds is 4. The van der Waals surface area contributed by atoms with E-state index < -0.39 is 0 Å². The Balaban J connectivity index is 2.45. The third kappa shape index (κ3) is 3.38. The quantitative estimate of drug-likeness (QED) is 0.874. The third-order valence-electron chi connectivity index (χ3n) is 1.81. The molecule has 0 aliphatic carbocycles. The smallest absolute Gasteiger partial charge is 0.0730 e. The summed E-state index contributed by atoms with van der Waals surface area (Å²) in [6, 6.07) is 2.33. The minimum absolute atomic E-state index is 0.168. The van der Waals surface area contributed by atoms with Crippen LogP contribution < -0.4 is 5.32 Å². The molecule has 0 aliphatic heterocycles. The molecule has 1 heterocycles. The average Bonchev–Trinajstić information content (AvgIpc) is 2.42.